The van der Waals surface area contributed by atoms with Gasteiger partial charge in [-0.05, 0) is 30.2 Å². The number of nitrogens with zero attached hydrogens (tertiary/aromatic N) is 1. The van der Waals surface area contributed by atoms with Crippen molar-refractivity contribution in [2.45, 2.75) is 25.9 Å². The molecule has 160 valence electrons. The fourth-order valence-corrected chi connectivity index (χ4v) is 3.30. The number of carbonyl (C=O) groups is 2. The number of alkyl halides is 2. The molecule has 4 nitrogen and oxygen atoms in total. The molecule has 0 saturated heterocycles. The van der Waals surface area contributed by atoms with E-state index in [9.17, 15) is 18.4 Å². The van der Waals surface area contributed by atoms with Gasteiger partial charge < -0.3 is 10.2 Å². The summed E-state index contributed by atoms with van der Waals surface area (Å²) in [5.74, 6) is -1.01. The Kier molecular flexibility index (Phi) is 7.49. The van der Waals surface area contributed by atoms with Crippen molar-refractivity contribution in [2.75, 3.05) is 6.54 Å². The zero-order valence-electron chi connectivity index (χ0n) is 17.2. The van der Waals surface area contributed by atoms with Crippen molar-refractivity contribution in [3.05, 3.63) is 107 Å². The zero-order chi connectivity index (χ0) is 22.2. The van der Waals surface area contributed by atoms with Gasteiger partial charge in [-0.2, -0.15) is 0 Å². The largest absolute Gasteiger partial charge is 0.348 e. The van der Waals surface area contributed by atoms with Gasteiger partial charge in [-0.3, -0.25) is 9.59 Å². The standard InChI is InChI=1S/C25H24F2N2O2/c1-18-12-14-20(15-13-18)23(24(30)28-16-22(26)27)29(17-19-8-4-2-5-9-19)25(31)21-10-6-3-7-11-21/h2-15,22-23H,16-17H2,1H3,(H,28,30). The number of hydrogen-bond acceptors (Lipinski definition) is 2. The number of hydrogen-bond donors (Lipinski definition) is 1. The molecule has 2 amide bonds. The monoisotopic (exact) mass is 422 g/mol. The Bertz CT molecular complexity index is 993. The summed E-state index contributed by atoms with van der Waals surface area (Å²) < 4.78 is 25.6. The first-order valence-corrected chi connectivity index (χ1v) is 9.98. The topological polar surface area (TPSA) is 49.4 Å². The highest BCUT2D eigenvalue weighted by Crippen LogP contribution is 2.26. The Morgan fingerprint density at radius 3 is 2.03 bits per heavy atom. The summed E-state index contributed by atoms with van der Waals surface area (Å²) in [6, 6.07) is 24.0. The van der Waals surface area contributed by atoms with E-state index in [4.69, 9.17) is 0 Å². The number of nitrogens with one attached hydrogen (secondary N) is 1. The van der Waals surface area contributed by atoms with Crippen molar-refractivity contribution in [1.82, 2.24) is 10.2 Å². The van der Waals surface area contributed by atoms with Crippen LogP contribution in [-0.2, 0) is 11.3 Å². The molecule has 0 aromatic heterocycles. The predicted octanol–water partition coefficient (Wildman–Crippen LogP) is 4.76. The van der Waals surface area contributed by atoms with E-state index < -0.39 is 24.9 Å². The number of rotatable bonds is 8. The number of carbonyl (C=O) groups excluding carboxylic acids is 2. The summed E-state index contributed by atoms with van der Waals surface area (Å²) in [7, 11) is 0. The predicted molar refractivity (Wildman–Crippen MR) is 116 cm³/mol. The van der Waals surface area contributed by atoms with Crippen LogP contribution in [0, 0.1) is 6.92 Å². The lowest BCUT2D eigenvalue weighted by atomic mass is 10.0. The maximum absolute atomic E-state index is 13.5. The average molecular weight is 422 g/mol. The van der Waals surface area contributed by atoms with Crippen LogP contribution in [0.2, 0.25) is 0 Å². The second kappa shape index (κ2) is 10.5. The third kappa shape index (κ3) is 5.98. The lowest BCUT2D eigenvalue weighted by Crippen LogP contribution is -2.44. The van der Waals surface area contributed by atoms with Gasteiger partial charge >= 0.3 is 0 Å². The molecule has 0 saturated carbocycles. The number of amides is 2. The van der Waals surface area contributed by atoms with E-state index in [1.165, 1.54) is 4.90 Å². The van der Waals surface area contributed by atoms with Gasteiger partial charge in [-0.25, -0.2) is 8.78 Å². The third-order valence-corrected chi connectivity index (χ3v) is 4.86. The Labute approximate surface area is 180 Å². The summed E-state index contributed by atoms with van der Waals surface area (Å²) in [6.07, 6.45) is -2.69. The highest BCUT2D eigenvalue weighted by molar-refractivity contribution is 5.98. The van der Waals surface area contributed by atoms with Gasteiger partial charge in [0.25, 0.3) is 12.3 Å². The van der Waals surface area contributed by atoms with Crippen LogP contribution in [0.1, 0.15) is 33.1 Å². The molecule has 0 bridgehead atoms. The summed E-state index contributed by atoms with van der Waals surface area (Å²) in [6.45, 7) is 1.28. The van der Waals surface area contributed by atoms with Crippen molar-refractivity contribution in [3.8, 4) is 0 Å². The molecule has 0 spiro atoms. The Morgan fingerprint density at radius 2 is 1.45 bits per heavy atom. The molecule has 1 unspecified atom stereocenters. The van der Waals surface area contributed by atoms with Crippen LogP contribution in [0.5, 0.6) is 0 Å². The van der Waals surface area contributed by atoms with Gasteiger partial charge in [0.2, 0.25) is 5.91 Å². The van der Waals surface area contributed by atoms with Crippen molar-refractivity contribution in [1.29, 1.82) is 0 Å². The Morgan fingerprint density at radius 1 is 0.871 bits per heavy atom. The second-order valence-electron chi connectivity index (χ2n) is 7.23. The minimum atomic E-state index is -2.69. The smallest absolute Gasteiger partial charge is 0.255 e. The quantitative estimate of drug-likeness (QED) is 0.569. The molecule has 1 atom stereocenters. The van der Waals surface area contributed by atoms with E-state index in [1.54, 1.807) is 42.5 Å². The maximum atomic E-state index is 13.5. The average Bonchev–Trinajstić information content (AvgIpc) is 2.79. The number of halogens is 2. The van der Waals surface area contributed by atoms with Crippen molar-refractivity contribution in [3.63, 3.8) is 0 Å². The molecule has 0 aliphatic carbocycles. The van der Waals surface area contributed by atoms with Gasteiger partial charge in [0.15, 0.2) is 0 Å². The first-order chi connectivity index (χ1) is 15.0. The van der Waals surface area contributed by atoms with Gasteiger partial charge in [0, 0.05) is 12.1 Å². The molecule has 3 rings (SSSR count). The normalized spacial score (nSPS) is 11.7. The van der Waals surface area contributed by atoms with E-state index >= 15 is 0 Å². The van der Waals surface area contributed by atoms with Crippen molar-refractivity contribution in [2.24, 2.45) is 0 Å². The van der Waals surface area contributed by atoms with E-state index in [0.29, 0.717) is 11.1 Å². The SMILES string of the molecule is Cc1ccc(C(C(=O)NCC(F)F)N(Cc2ccccc2)C(=O)c2ccccc2)cc1. The molecule has 1 N–H and O–H groups in total. The minimum Gasteiger partial charge on any atom is -0.348 e. The maximum Gasteiger partial charge on any atom is 0.255 e. The molecular formula is C25H24F2N2O2. The summed E-state index contributed by atoms with van der Waals surface area (Å²) >= 11 is 0. The molecule has 31 heavy (non-hydrogen) atoms. The number of benzene rings is 3. The molecule has 6 heteroatoms. The fraction of sp³-hybridized carbons (Fsp3) is 0.200. The molecule has 0 fully saturated rings. The lowest BCUT2D eigenvalue weighted by Gasteiger charge is -2.32. The summed E-state index contributed by atoms with van der Waals surface area (Å²) in [5.41, 5.74) is 2.78. The highest BCUT2D eigenvalue weighted by atomic mass is 19.3. The van der Waals surface area contributed by atoms with E-state index in [-0.39, 0.29) is 12.5 Å². The first-order valence-electron chi connectivity index (χ1n) is 9.98. The molecule has 0 radical (unpaired) electrons. The number of aryl methyl sites for hydroxylation is 1. The van der Waals surface area contributed by atoms with Crippen molar-refractivity contribution >= 4 is 11.8 Å². The minimum absolute atomic E-state index is 0.148. The highest BCUT2D eigenvalue weighted by Gasteiger charge is 2.32. The molecule has 0 aliphatic rings. The van der Waals surface area contributed by atoms with Crippen LogP contribution >= 0.6 is 0 Å². The second-order valence-corrected chi connectivity index (χ2v) is 7.23. The summed E-state index contributed by atoms with van der Waals surface area (Å²) in [4.78, 5) is 28.0. The van der Waals surface area contributed by atoms with Gasteiger partial charge in [-0.15, -0.1) is 0 Å². The molecule has 0 aliphatic heterocycles. The van der Waals surface area contributed by atoms with E-state index in [2.05, 4.69) is 5.32 Å². The third-order valence-electron chi connectivity index (χ3n) is 4.86. The van der Waals surface area contributed by atoms with Crippen LogP contribution in [0.3, 0.4) is 0 Å². The first kappa shape index (κ1) is 22.2. The molecule has 3 aromatic carbocycles. The van der Waals surface area contributed by atoms with E-state index in [1.807, 2.05) is 49.4 Å². The molecular weight excluding hydrogens is 398 g/mol. The van der Waals surface area contributed by atoms with E-state index in [0.717, 1.165) is 11.1 Å². The van der Waals surface area contributed by atoms with Crippen LogP contribution in [0.15, 0.2) is 84.9 Å². The molecule has 3 aromatic rings. The van der Waals surface area contributed by atoms with Crippen LogP contribution < -0.4 is 5.32 Å². The van der Waals surface area contributed by atoms with Gasteiger partial charge in [0.05, 0.1) is 6.54 Å². The van der Waals surface area contributed by atoms with Gasteiger partial charge in [0.1, 0.15) is 6.04 Å². The van der Waals surface area contributed by atoms with Crippen LogP contribution in [-0.4, -0.2) is 29.7 Å². The fourth-order valence-electron chi connectivity index (χ4n) is 3.30. The Balaban J connectivity index is 2.05. The van der Waals surface area contributed by atoms with Crippen molar-refractivity contribution < 1.29 is 18.4 Å². The van der Waals surface area contributed by atoms with Crippen LogP contribution in [0.25, 0.3) is 0 Å². The summed E-state index contributed by atoms with van der Waals surface area (Å²) in [5, 5.41) is 2.29. The zero-order valence-corrected chi connectivity index (χ0v) is 17.2. The van der Waals surface area contributed by atoms with Gasteiger partial charge in [-0.1, -0.05) is 78.4 Å². The Hall–Kier alpha value is -3.54. The molecule has 0 heterocycles. The lowest BCUT2D eigenvalue weighted by molar-refractivity contribution is -0.126. The van der Waals surface area contributed by atoms with Crippen LogP contribution in [0.4, 0.5) is 8.78 Å².